The second kappa shape index (κ2) is 6.53. The molecule has 106 valence electrons. The van der Waals surface area contributed by atoms with E-state index in [1.54, 1.807) is 0 Å². The van der Waals surface area contributed by atoms with Crippen LogP contribution in [-0.4, -0.2) is 29.1 Å². The third kappa shape index (κ3) is 3.82. The summed E-state index contributed by atoms with van der Waals surface area (Å²) in [6.07, 6.45) is 2.13. The van der Waals surface area contributed by atoms with Gasteiger partial charge in [-0.25, -0.2) is 0 Å². The van der Waals surface area contributed by atoms with E-state index >= 15 is 0 Å². The highest BCUT2D eigenvalue weighted by atomic mass is 16.4. The van der Waals surface area contributed by atoms with Gasteiger partial charge in [-0.15, -0.1) is 0 Å². The third-order valence-corrected chi connectivity index (χ3v) is 4.00. The topological polar surface area (TPSA) is 64.3 Å². The van der Waals surface area contributed by atoms with Crippen molar-refractivity contribution in [2.75, 3.05) is 13.1 Å². The van der Waals surface area contributed by atoms with Crippen LogP contribution >= 0.6 is 0 Å². The maximum atomic E-state index is 10.6. The van der Waals surface area contributed by atoms with E-state index in [2.05, 4.69) is 11.0 Å². The first kappa shape index (κ1) is 14.5. The number of hydrogen-bond donors (Lipinski definition) is 1. The number of carboxylic acids is 1. The van der Waals surface area contributed by atoms with Crippen LogP contribution in [0.1, 0.15) is 36.0 Å². The predicted molar refractivity (Wildman–Crippen MR) is 76.1 cm³/mol. The van der Waals surface area contributed by atoms with E-state index in [0.29, 0.717) is 11.5 Å². The first-order valence-corrected chi connectivity index (χ1v) is 7.02. The van der Waals surface area contributed by atoms with Crippen LogP contribution in [-0.2, 0) is 11.3 Å². The van der Waals surface area contributed by atoms with Crippen LogP contribution in [0.3, 0.4) is 0 Å². The molecule has 1 saturated heterocycles. The normalized spacial score (nSPS) is 18.9. The number of likely N-dealkylation sites (tertiary alicyclic amines) is 1. The Morgan fingerprint density at radius 2 is 2.35 bits per heavy atom. The van der Waals surface area contributed by atoms with Gasteiger partial charge in [0.05, 0.1) is 11.6 Å². The van der Waals surface area contributed by atoms with E-state index in [-0.39, 0.29) is 6.42 Å². The van der Waals surface area contributed by atoms with Gasteiger partial charge in [-0.05, 0) is 55.5 Å². The highest BCUT2D eigenvalue weighted by molar-refractivity contribution is 5.66. The summed E-state index contributed by atoms with van der Waals surface area (Å²) in [4.78, 5) is 13.0. The molecule has 1 aliphatic heterocycles. The number of nitrogens with zero attached hydrogens (tertiary/aromatic N) is 2. The molecule has 0 amide bonds. The zero-order valence-electron chi connectivity index (χ0n) is 11.8. The van der Waals surface area contributed by atoms with Gasteiger partial charge in [0.25, 0.3) is 0 Å². The van der Waals surface area contributed by atoms with E-state index in [1.165, 1.54) is 5.56 Å². The van der Waals surface area contributed by atoms with Crippen molar-refractivity contribution in [1.82, 2.24) is 4.90 Å². The summed E-state index contributed by atoms with van der Waals surface area (Å²) in [5, 5.41) is 17.6. The Morgan fingerprint density at radius 3 is 3.00 bits per heavy atom. The van der Waals surface area contributed by atoms with E-state index in [1.807, 2.05) is 25.1 Å². The molecule has 0 aliphatic carbocycles. The Bertz CT molecular complexity index is 534. The van der Waals surface area contributed by atoms with Crippen molar-refractivity contribution in [3.05, 3.63) is 34.9 Å². The number of nitriles is 1. The van der Waals surface area contributed by atoms with Crippen molar-refractivity contribution < 1.29 is 9.90 Å². The Morgan fingerprint density at radius 1 is 1.55 bits per heavy atom. The van der Waals surface area contributed by atoms with Gasteiger partial charge in [-0.1, -0.05) is 6.07 Å². The minimum atomic E-state index is -0.702. The first-order valence-electron chi connectivity index (χ1n) is 7.02. The van der Waals surface area contributed by atoms with Crippen molar-refractivity contribution >= 4 is 5.97 Å². The highest BCUT2D eigenvalue weighted by Gasteiger charge is 2.23. The summed E-state index contributed by atoms with van der Waals surface area (Å²) >= 11 is 0. The summed E-state index contributed by atoms with van der Waals surface area (Å²) in [7, 11) is 0. The molecule has 0 saturated carbocycles. The van der Waals surface area contributed by atoms with E-state index in [0.717, 1.165) is 38.0 Å². The van der Waals surface area contributed by atoms with Crippen LogP contribution in [0.5, 0.6) is 0 Å². The zero-order valence-corrected chi connectivity index (χ0v) is 11.8. The molecule has 1 fully saturated rings. The average Bonchev–Trinajstić information content (AvgIpc) is 2.86. The summed E-state index contributed by atoms with van der Waals surface area (Å²) in [6.45, 7) is 4.94. The second-order valence-electron chi connectivity index (χ2n) is 5.58. The molecular weight excluding hydrogens is 252 g/mol. The standard InChI is InChI=1S/C16H20N2O2/c1-12-8-14(9-17)2-4-15(12)11-18-7-6-13(10-18)3-5-16(19)20/h2,4,8,13H,3,5-7,10-11H2,1H3,(H,19,20). The Hall–Kier alpha value is -1.86. The molecule has 1 atom stereocenters. The van der Waals surface area contributed by atoms with Gasteiger partial charge in [-0.2, -0.15) is 5.26 Å². The molecule has 0 bridgehead atoms. The minimum absolute atomic E-state index is 0.272. The summed E-state index contributed by atoms with van der Waals surface area (Å²) in [5.74, 6) is -0.198. The molecule has 1 aromatic carbocycles. The number of aliphatic carboxylic acids is 1. The number of rotatable bonds is 5. The van der Waals surface area contributed by atoms with Crippen molar-refractivity contribution in [3.63, 3.8) is 0 Å². The van der Waals surface area contributed by atoms with Crippen molar-refractivity contribution in [2.24, 2.45) is 5.92 Å². The molecule has 0 radical (unpaired) electrons. The fraction of sp³-hybridized carbons (Fsp3) is 0.500. The quantitative estimate of drug-likeness (QED) is 0.894. The van der Waals surface area contributed by atoms with Gasteiger partial charge < -0.3 is 5.11 Å². The summed E-state index contributed by atoms with van der Waals surface area (Å²) in [5.41, 5.74) is 3.10. The lowest BCUT2D eigenvalue weighted by atomic mass is 10.0. The molecule has 4 heteroatoms. The lowest BCUT2D eigenvalue weighted by Crippen LogP contribution is -2.20. The molecule has 1 N–H and O–H groups in total. The fourth-order valence-corrected chi connectivity index (χ4v) is 2.80. The molecule has 4 nitrogen and oxygen atoms in total. The fourth-order valence-electron chi connectivity index (χ4n) is 2.80. The molecule has 1 aromatic rings. The van der Waals surface area contributed by atoms with Gasteiger partial charge in [0, 0.05) is 19.5 Å². The number of benzene rings is 1. The maximum absolute atomic E-state index is 10.6. The maximum Gasteiger partial charge on any atom is 0.303 e. The summed E-state index contributed by atoms with van der Waals surface area (Å²) < 4.78 is 0. The van der Waals surface area contributed by atoms with Crippen LogP contribution in [0.2, 0.25) is 0 Å². The summed E-state index contributed by atoms with van der Waals surface area (Å²) in [6, 6.07) is 7.97. The number of carbonyl (C=O) groups is 1. The number of carboxylic acid groups (broad SMARTS) is 1. The van der Waals surface area contributed by atoms with Crippen LogP contribution in [0.4, 0.5) is 0 Å². The lowest BCUT2D eigenvalue weighted by molar-refractivity contribution is -0.137. The van der Waals surface area contributed by atoms with Gasteiger partial charge >= 0.3 is 5.97 Å². The van der Waals surface area contributed by atoms with Crippen molar-refractivity contribution in [3.8, 4) is 6.07 Å². The number of aryl methyl sites for hydroxylation is 1. The van der Waals surface area contributed by atoms with Crippen LogP contribution in [0.25, 0.3) is 0 Å². The SMILES string of the molecule is Cc1cc(C#N)ccc1CN1CCC(CCC(=O)O)C1. The van der Waals surface area contributed by atoms with E-state index < -0.39 is 5.97 Å². The van der Waals surface area contributed by atoms with E-state index in [4.69, 9.17) is 10.4 Å². The zero-order chi connectivity index (χ0) is 14.5. The highest BCUT2D eigenvalue weighted by Crippen LogP contribution is 2.23. The second-order valence-corrected chi connectivity index (χ2v) is 5.58. The lowest BCUT2D eigenvalue weighted by Gasteiger charge is -2.17. The third-order valence-electron chi connectivity index (χ3n) is 4.00. The molecule has 1 unspecified atom stereocenters. The van der Waals surface area contributed by atoms with Gasteiger partial charge in [0.1, 0.15) is 0 Å². The van der Waals surface area contributed by atoms with Gasteiger partial charge in [0.15, 0.2) is 0 Å². The van der Waals surface area contributed by atoms with Crippen molar-refractivity contribution in [1.29, 1.82) is 5.26 Å². The molecule has 2 rings (SSSR count). The van der Waals surface area contributed by atoms with Crippen LogP contribution in [0.15, 0.2) is 18.2 Å². The molecule has 0 spiro atoms. The number of hydrogen-bond acceptors (Lipinski definition) is 3. The minimum Gasteiger partial charge on any atom is -0.481 e. The Labute approximate surface area is 119 Å². The van der Waals surface area contributed by atoms with Gasteiger partial charge in [-0.3, -0.25) is 9.69 Å². The molecule has 1 heterocycles. The predicted octanol–water partition coefficient (Wildman–Crippen LogP) is 2.55. The molecular formula is C16H20N2O2. The molecule has 1 aliphatic rings. The van der Waals surface area contributed by atoms with Gasteiger partial charge in [0.2, 0.25) is 0 Å². The van der Waals surface area contributed by atoms with Crippen molar-refractivity contribution in [2.45, 2.75) is 32.7 Å². The van der Waals surface area contributed by atoms with E-state index in [9.17, 15) is 4.79 Å². The Kier molecular flexibility index (Phi) is 4.75. The largest absolute Gasteiger partial charge is 0.481 e. The smallest absolute Gasteiger partial charge is 0.303 e. The first-order chi connectivity index (χ1) is 9.58. The van der Waals surface area contributed by atoms with Crippen LogP contribution in [0, 0.1) is 24.2 Å². The average molecular weight is 272 g/mol. The molecule has 20 heavy (non-hydrogen) atoms. The van der Waals surface area contributed by atoms with Crippen LogP contribution < -0.4 is 0 Å². The monoisotopic (exact) mass is 272 g/mol. The Balaban J connectivity index is 1.89. The molecule has 0 aromatic heterocycles.